The molecule has 0 aliphatic rings. The van der Waals surface area contributed by atoms with Gasteiger partial charge in [0.1, 0.15) is 11.6 Å². The largest absolute Gasteiger partial charge is 0.481 e. The number of hydrogen-bond donors (Lipinski definition) is 2. The van der Waals surface area contributed by atoms with Crippen LogP contribution >= 0.6 is 0 Å². The number of carboxylic acids is 1. The zero-order valence-electron chi connectivity index (χ0n) is 12.1. The summed E-state index contributed by atoms with van der Waals surface area (Å²) >= 11 is 0. The van der Waals surface area contributed by atoms with E-state index < -0.39 is 18.1 Å². The van der Waals surface area contributed by atoms with E-state index in [0.29, 0.717) is 12.2 Å². The van der Waals surface area contributed by atoms with Crippen LogP contribution in [0.3, 0.4) is 0 Å². The number of hydrogen-bond acceptors (Lipinski definition) is 3. The van der Waals surface area contributed by atoms with E-state index in [-0.39, 0.29) is 18.1 Å². The second-order valence-electron chi connectivity index (χ2n) is 4.81. The van der Waals surface area contributed by atoms with Gasteiger partial charge in [0.05, 0.1) is 6.42 Å². The van der Waals surface area contributed by atoms with Gasteiger partial charge in [-0.25, -0.2) is 4.39 Å². The summed E-state index contributed by atoms with van der Waals surface area (Å²) in [7, 11) is 0. The van der Waals surface area contributed by atoms with Crippen molar-refractivity contribution in [2.75, 3.05) is 0 Å². The Morgan fingerprint density at radius 2 is 1.95 bits per heavy atom. The number of aliphatic carboxylic acids is 1. The van der Waals surface area contributed by atoms with E-state index in [0.717, 1.165) is 6.42 Å². The summed E-state index contributed by atoms with van der Waals surface area (Å²) in [6.45, 7) is 3.47. The van der Waals surface area contributed by atoms with Gasteiger partial charge in [-0.05, 0) is 37.6 Å². The molecule has 2 unspecified atom stereocenters. The summed E-state index contributed by atoms with van der Waals surface area (Å²) in [5.74, 6) is -1.35. The standard InChI is InChI=1S/C15H20FNO4/c1-3-4-12(9-14(18)19)17-15(20)10(2)21-13-7-5-11(16)6-8-13/h5-8,10,12H,3-4,9H2,1-2H3,(H,17,20)(H,18,19). The van der Waals surface area contributed by atoms with Crippen LogP contribution in [0.5, 0.6) is 5.75 Å². The molecular formula is C15H20FNO4. The smallest absolute Gasteiger partial charge is 0.305 e. The summed E-state index contributed by atoms with van der Waals surface area (Å²) < 4.78 is 18.2. The molecule has 0 fully saturated rings. The lowest BCUT2D eigenvalue weighted by atomic mass is 10.1. The summed E-state index contributed by atoms with van der Waals surface area (Å²) in [6.07, 6.45) is 0.443. The van der Waals surface area contributed by atoms with Crippen molar-refractivity contribution >= 4 is 11.9 Å². The summed E-state index contributed by atoms with van der Waals surface area (Å²) in [6, 6.07) is 4.92. The van der Waals surface area contributed by atoms with E-state index in [9.17, 15) is 14.0 Å². The Balaban J connectivity index is 2.55. The fraction of sp³-hybridized carbons (Fsp3) is 0.467. The Morgan fingerprint density at radius 3 is 2.48 bits per heavy atom. The molecule has 0 saturated carbocycles. The Hall–Kier alpha value is -2.11. The van der Waals surface area contributed by atoms with Crippen molar-refractivity contribution in [3.8, 4) is 5.75 Å². The van der Waals surface area contributed by atoms with Crippen LogP contribution in [0.4, 0.5) is 4.39 Å². The predicted molar refractivity (Wildman–Crippen MR) is 75.6 cm³/mol. The van der Waals surface area contributed by atoms with Gasteiger partial charge in [0.2, 0.25) is 0 Å². The maximum absolute atomic E-state index is 12.8. The van der Waals surface area contributed by atoms with Crippen LogP contribution < -0.4 is 10.1 Å². The number of carbonyl (C=O) groups is 2. The van der Waals surface area contributed by atoms with E-state index in [1.165, 1.54) is 24.3 Å². The maximum atomic E-state index is 12.8. The van der Waals surface area contributed by atoms with Crippen LogP contribution in [0, 0.1) is 5.82 Å². The molecule has 0 bridgehead atoms. The highest BCUT2D eigenvalue weighted by molar-refractivity contribution is 5.81. The molecule has 0 heterocycles. The quantitative estimate of drug-likeness (QED) is 0.772. The van der Waals surface area contributed by atoms with Gasteiger partial charge in [-0.3, -0.25) is 9.59 Å². The minimum absolute atomic E-state index is 0.122. The molecule has 2 N–H and O–H groups in total. The SMILES string of the molecule is CCCC(CC(=O)O)NC(=O)C(C)Oc1ccc(F)cc1. The van der Waals surface area contributed by atoms with Gasteiger partial charge in [0, 0.05) is 6.04 Å². The number of carboxylic acid groups (broad SMARTS) is 1. The molecular weight excluding hydrogens is 277 g/mol. The fourth-order valence-corrected chi connectivity index (χ4v) is 1.87. The number of rotatable bonds is 8. The first-order chi connectivity index (χ1) is 9.92. The van der Waals surface area contributed by atoms with E-state index in [1.807, 2.05) is 6.92 Å². The number of halogens is 1. The van der Waals surface area contributed by atoms with Crippen molar-refractivity contribution < 1.29 is 23.8 Å². The minimum atomic E-state index is -0.958. The molecule has 1 rings (SSSR count). The molecule has 116 valence electrons. The van der Waals surface area contributed by atoms with Crippen molar-refractivity contribution in [2.45, 2.75) is 45.3 Å². The molecule has 0 aliphatic heterocycles. The van der Waals surface area contributed by atoms with Gasteiger partial charge in [-0.1, -0.05) is 13.3 Å². The zero-order chi connectivity index (χ0) is 15.8. The van der Waals surface area contributed by atoms with Crippen LogP contribution in [0.2, 0.25) is 0 Å². The Morgan fingerprint density at radius 1 is 1.33 bits per heavy atom. The van der Waals surface area contributed by atoms with Gasteiger partial charge in [-0.2, -0.15) is 0 Å². The van der Waals surface area contributed by atoms with Gasteiger partial charge in [0.25, 0.3) is 5.91 Å². The highest BCUT2D eigenvalue weighted by Crippen LogP contribution is 2.13. The van der Waals surface area contributed by atoms with Crippen LogP contribution in [0.1, 0.15) is 33.1 Å². The Labute approximate surface area is 123 Å². The number of benzene rings is 1. The van der Waals surface area contributed by atoms with Crippen LogP contribution in [-0.4, -0.2) is 29.1 Å². The van der Waals surface area contributed by atoms with Crippen LogP contribution in [0.25, 0.3) is 0 Å². The zero-order valence-corrected chi connectivity index (χ0v) is 12.1. The topological polar surface area (TPSA) is 75.6 Å². The minimum Gasteiger partial charge on any atom is -0.481 e. The second-order valence-corrected chi connectivity index (χ2v) is 4.81. The molecule has 1 aromatic rings. The molecule has 0 saturated heterocycles. The lowest BCUT2D eigenvalue weighted by Gasteiger charge is -2.20. The first-order valence-electron chi connectivity index (χ1n) is 6.86. The lowest BCUT2D eigenvalue weighted by Crippen LogP contribution is -2.43. The van der Waals surface area contributed by atoms with E-state index >= 15 is 0 Å². The number of amides is 1. The predicted octanol–water partition coefficient (Wildman–Crippen LogP) is 2.35. The van der Waals surface area contributed by atoms with Crippen molar-refractivity contribution in [2.24, 2.45) is 0 Å². The molecule has 6 heteroatoms. The van der Waals surface area contributed by atoms with E-state index in [4.69, 9.17) is 9.84 Å². The first-order valence-corrected chi connectivity index (χ1v) is 6.86. The van der Waals surface area contributed by atoms with Crippen LogP contribution in [0.15, 0.2) is 24.3 Å². The monoisotopic (exact) mass is 297 g/mol. The van der Waals surface area contributed by atoms with Crippen LogP contribution in [-0.2, 0) is 9.59 Å². The Kier molecular flexibility index (Phi) is 6.65. The van der Waals surface area contributed by atoms with Gasteiger partial charge in [-0.15, -0.1) is 0 Å². The molecule has 0 aliphatic carbocycles. The second kappa shape index (κ2) is 8.24. The lowest BCUT2D eigenvalue weighted by molar-refractivity contribution is -0.138. The third kappa shape index (κ3) is 6.25. The van der Waals surface area contributed by atoms with E-state index in [2.05, 4.69) is 5.32 Å². The molecule has 0 radical (unpaired) electrons. The molecule has 0 spiro atoms. The normalized spacial score (nSPS) is 13.3. The average molecular weight is 297 g/mol. The summed E-state index contributed by atoms with van der Waals surface area (Å²) in [5, 5.41) is 11.5. The Bertz CT molecular complexity index is 475. The van der Waals surface area contributed by atoms with E-state index in [1.54, 1.807) is 6.92 Å². The molecule has 5 nitrogen and oxygen atoms in total. The maximum Gasteiger partial charge on any atom is 0.305 e. The number of ether oxygens (including phenoxy) is 1. The molecule has 1 amide bonds. The highest BCUT2D eigenvalue weighted by atomic mass is 19.1. The third-order valence-electron chi connectivity index (χ3n) is 2.90. The van der Waals surface area contributed by atoms with Crippen molar-refractivity contribution in [3.05, 3.63) is 30.1 Å². The number of nitrogens with one attached hydrogen (secondary N) is 1. The first kappa shape index (κ1) is 16.9. The molecule has 2 atom stereocenters. The third-order valence-corrected chi connectivity index (χ3v) is 2.90. The average Bonchev–Trinajstić information content (AvgIpc) is 2.40. The fourth-order valence-electron chi connectivity index (χ4n) is 1.87. The highest BCUT2D eigenvalue weighted by Gasteiger charge is 2.20. The van der Waals surface area contributed by atoms with Crippen molar-refractivity contribution in [1.82, 2.24) is 5.32 Å². The van der Waals surface area contributed by atoms with Gasteiger partial charge < -0.3 is 15.2 Å². The van der Waals surface area contributed by atoms with Crippen molar-refractivity contribution in [3.63, 3.8) is 0 Å². The summed E-state index contributed by atoms with van der Waals surface area (Å²) in [5.41, 5.74) is 0. The van der Waals surface area contributed by atoms with Gasteiger partial charge in [0.15, 0.2) is 6.10 Å². The summed E-state index contributed by atoms with van der Waals surface area (Å²) in [4.78, 5) is 22.7. The number of carbonyl (C=O) groups excluding carboxylic acids is 1. The molecule has 0 aromatic heterocycles. The van der Waals surface area contributed by atoms with Gasteiger partial charge >= 0.3 is 5.97 Å². The molecule has 21 heavy (non-hydrogen) atoms. The van der Waals surface area contributed by atoms with Crippen molar-refractivity contribution in [1.29, 1.82) is 0 Å². The molecule has 1 aromatic carbocycles.